The average Bonchev–Trinajstić information content (AvgIpc) is 2.90. The lowest BCUT2D eigenvalue weighted by molar-refractivity contribution is 0.0786. The fourth-order valence-corrected chi connectivity index (χ4v) is 2.94. The highest BCUT2D eigenvalue weighted by Gasteiger charge is 2.33. The van der Waals surface area contributed by atoms with Gasteiger partial charge in [-0.1, -0.05) is 37.3 Å². The second kappa shape index (κ2) is 5.45. The van der Waals surface area contributed by atoms with E-state index < -0.39 is 0 Å². The normalized spacial score (nSPS) is 21.9. The van der Waals surface area contributed by atoms with Crippen LogP contribution in [-0.4, -0.2) is 28.9 Å². The van der Waals surface area contributed by atoms with E-state index in [-0.39, 0.29) is 5.91 Å². The van der Waals surface area contributed by atoms with Gasteiger partial charge in [0.15, 0.2) is 0 Å². The zero-order valence-electron chi connectivity index (χ0n) is 11.6. The maximum Gasteiger partial charge on any atom is 0.255 e. The van der Waals surface area contributed by atoms with Gasteiger partial charge in [-0.2, -0.15) is 0 Å². The Morgan fingerprint density at radius 3 is 2.65 bits per heavy atom. The number of aromatic nitrogens is 1. The molecule has 2 aromatic rings. The van der Waals surface area contributed by atoms with Gasteiger partial charge in [0.05, 0.1) is 5.56 Å². The average molecular weight is 266 g/mol. The van der Waals surface area contributed by atoms with Gasteiger partial charge >= 0.3 is 0 Å². The smallest absolute Gasteiger partial charge is 0.255 e. The molecule has 0 spiro atoms. The summed E-state index contributed by atoms with van der Waals surface area (Å²) in [6.07, 6.45) is 3.33. The van der Waals surface area contributed by atoms with Crippen molar-refractivity contribution in [1.82, 2.24) is 9.88 Å². The standard InChI is InChI=1S/C17H18N2O/c1-13-11-19(17(20)15-8-5-9-18-10-15)12-16(13)14-6-3-2-4-7-14/h2-10,13,16H,11-12H2,1H3/t13-,16?/m0/s1. The second-order valence-corrected chi connectivity index (χ2v) is 5.45. The van der Waals surface area contributed by atoms with E-state index in [1.165, 1.54) is 5.56 Å². The van der Waals surface area contributed by atoms with Crippen molar-refractivity contribution >= 4 is 5.91 Å². The molecule has 1 aliphatic rings. The van der Waals surface area contributed by atoms with Gasteiger partial charge < -0.3 is 4.90 Å². The number of rotatable bonds is 2. The van der Waals surface area contributed by atoms with Gasteiger partial charge in [-0.3, -0.25) is 9.78 Å². The molecule has 1 aromatic carbocycles. The van der Waals surface area contributed by atoms with Crippen LogP contribution >= 0.6 is 0 Å². The van der Waals surface area contributed by atoms with E-state index in [0.29, 0.717) is 17.4 Å². The van der Waals surface area contributed by atoms with Crippen molar-refractivity contribution < 1.29 is 4.79 Å². The van der Waals surface area contributed by atoms with Crippen molar-refractivity contribution in [3.8, 4) is 0 Å². The van der Waals surface area contributed by atoms with Crippen molar-refractivity contribution in [3.63, 3.8) is 0 Å². The Morgan fingerprint density at radius 2 is 1.95 bits per heavy atom. The molecule has 3 nitrogen and oxygen atoms in total. The number of hydrogen-bond acceptors (Lipinski definition) is 2. The van der Waals surface area contributed by atoms with Crippen LogP contribution in [0.3, 0.4) is 0 Å². The molecule has 1 unspecified atom stereocenters. The lowest BCUT2D eigenvalue weighted by Gasteiger charge is -2.16. The van der Waals surface area contributed by atoms with Crippen LogP contribution in [0.5, 0.6) is 0 Å². The number of benzene rings is 1. The Kier molecular flexibility index (Phi) is 3.50. The van der Waals surface area contributed by atoms with Gasteiger partial charge in [0, 0.05) is 31.4 Å². The summed E-state index contributed by atoms with van der Waals surface area (Å²) >= 11 is 0. The minimum atomic E-state index is 0.0865. The van der Waals surface area contributed by atoms with Gasteiger partial charge in [-0.05, 0) is 23.6 Å². The Morgan fingerprint density at radius 1 is 1.15 bits per heavy atom. The molecule has 0 bridgehead atoms. The molecule has 2 atom stereocenters. The van der Waals surface area contributed by atoms with Gasteiger partial charge in [0.2, 0.25) is 0 Å². The Balaban J connectivity index is 1.77. The summed E-state index contributed by atoms with van der Waals surface area (Å²) in [7, 11) is 0. The Labute approximate surface area is 119 Å². The van der Waals surface area contributed by atoms with Crippen molar-refractivity contribution in [2.45, 2.75) is 12.8 Å². The SMILES string of the molecule is C[C@H]1CN(C(=O)c2cccnc2)CC1c1ccccc1. The number of pyridine rings is 1. The largest absolute Gasteiger partial charge is 0.338 e. The molecule has 1 aliphatic heterocycles. The van der Waals surface area contributed by atoms with Crippen LogP contribution in [0.2, 0.25) is 0 Å². The Hall–Kier alpha value is -2.16. The third kappa shape index (κ3) is 2.44. The van der Waals surface area contributed by atoms with Gasteiger partial charge in [0.1, 0.15) is 0 Å². The predicted molar refractivity (Wildman–Crippen MR) is 78.5 cm³/mol. The zero-order chi connectivity index (χ0) is 13.9. The van der Waals surface area contributed by atoms with Gasteiger partial charge in [-0.25, -0.2) is 0 Å². The summed E-state index contributed by atoms with van der Waals surface area (Å²) < 4.78 is 0. The third-order valence-corrected chi connectivity index (χ3v) is 4.04. The van der Waals surface area contributed by atoms with Crippen molar-refractivity contribution in [1.29, 1.82) is 0 Å². The maximum atomic E-state index is 12.5. The molecule has 0 radical (unpaired) electrons. The molecule has 0 aliphatic carbocycles. The number of likely N-dealkylation sites (tertiary alicyclic amines) is 1. The highest BCUT2D eigenvalue weighted by Crippen LogP contribution is 2.32. The van der Waals surface area contributed by atoms with Crippen molar-refractivity contribution in [3.05, 3.63) is 66.0 Å². The van der Waals surface area contributed by atoms with Gasteiger partial charge in [-0.15, -0.1) is 0 Å². The predicted octanol–water partition coefficient (Wildman–Crippen LogP) is 2.96. The summed E-state index contributed by atoms with van der Waals surface area (Å²) in [4.78, 5) is 18.4. The van der Waals surface area contributed by atoms with Crippen molar-refractivity contribution in [2.75, 3.05) is 13.1 Å². The van der Waals surface area contributed by atoms with Crippen LogP contribution in [0.15, 0.2) is 54.9 Å². The number of carbonyl (C=O) groups excluding carboxylic acids is 1. The molecule has 20 heavy (non-hydrogen) atoms. The number of carbonyl (C=O) groups is 1. The van der Waals surface area contributed by atoms with Crippen LogP contribution < -0.4 is 0 Å². The van der Waals surface area contributed by atoms with E-state index >= 15 is 0 Å². The van der Waals surface area contributed by atoms with Gasteiger partial charge in [0.25, 0.3) is 5.91 Å². The lowest BCUT2D eigenvalue weighted by atomic mass is 9.90. The Bertz CT molecular complexity index is 582. The summed E-state index contributed by atoms with van der Waals surface area (Å²) in [5.41, 5.74) is 2.00. The van der Waals surface area contributed by atoms with E-state index in [4.69, 9.17) is 0 Å². The van der Waals surface area contributed by atoms with Crippen LogP contribution in [-0.2, 0) is 0 Å². The molecule has 0 saturated carbocycles. The molecule has 3 rings (SSSR count). The minimum Gasteiger partial charge on any atom is -0.338 e. The van der Waals surface area contributed by atoms with E-state index in [2.05, 4.69) is 36.2 Å². The minimum absolute atomic E-state index is 0.0865. The fourth-order valence-electron chi connectivity index (χ4n) is 2.94. The summed E-state index contributed by atoms with van der Waals surface area (Å²) in [6.45, 7) is 3.82. The fraction of sp³-hybridized carbons (Fsp3) is 0.294. The number of nitrogens with zero attached hydrogens (tertiary/aromatic N) is 2. The summed E-state index contributed by atoms with van der Waals surface area (Å²) in [6, 6.07) is 14.1. The first-order chi connectivity index (χ1) is 9.75. The molecule has 1 fully saturated rings. The van der Waals surface area contributed by atoms with E-state index in [9.17, 15) is 4.79 Å². The van der Waals surface area contributed by atoms with Crippen molar-refractivity contribution in [2.24, 2.45) is 5.92 Å². The van der Waals surface area contributed by atoms with E-state index in [1.54, 1.807) is 18.5 Å². The van der Waals surface area contributed by atoms with Crippen LogP contribution in [0.4, 0.5) is 0 Å². The molecule has 1 saturated heterocycles. The first-order valence-electron chi connectivity index (χ1n) is 7.00. The summed E-state index contributed by atoms with van der Waals surface area (Å²) in [5.74, 6) is 0.998. The van der Waals surface area contributed by atoms with Crippen LogP contribution in [0, 0.1) is 5.92 Å². The highest BCUT2D eigenvalue weighted by atomic mass is 16.2. The van der Waals surface area contributed by atoms with E-state index in [0.717, 1.165) is 13.1 Å². The molecule has 2 heterocycles. The lowest BCUT2D eigenvalue weighted by Crippen LogP contribution is -2.28. The third-order valence-electron chi connectivity index (χ3n) is 4.04. The molecule has 1 amide bonds. The van der Waals surface area contributed by atoms with E-state index in [1.807, 2.05) is 17.0 Å². The number of hydrogen-bond donors (Lipinski definition) is 0. The molecule has 0 N–H and O–H groups in total. The highest BCUT2D eigenvalue weighted by molar-refractivity contribution is 5.94. The molecular formula is C17H18N2O. The quantitative estimate of drug-likeness (QED) is 0.837. The monoisotopic (exact) mass is 266 g/mol. The molecule has 102 valence electrons. The molecule has 3 heteroatoms. The topological polar surface area (TPSA) is 33.2 Å². The maximum absolute atomic E-state index is 12.5. The number of amides is 1. The second-order valence-electron chi connectivity index (χ2n) is 5.45. The van der Waals surface area contributed by atoms with Crippen LogP contribution in [0.25, 0.3) is 0 Å². The first kappa shape index (κ1) is 12.9. The molecule has 1 aromatic heterocycles. The first-order valence-corrected chi connectivity index (χ1v) is 7.00. The van der Waals surface area contributed by atoms with Crippen LogP contribution in [0.1, 0.15) is 28.8 Å². The zero-order valence-corrected chi connectivity index (χ0v) is 11.6. The summed E-state index contributed by atoms with van der Waals surface area (Å²) in [5, 5.41) is 0. The molecular weight excluding hydrogens is 248 g/mol.